The molecule has 1 heterocycles. The summed E-state index contributed by atoms with van der Waals surface area (Å²) in [4.78, 5) is 0. The van der Waals surface area contributed by atoms with E-state index in [0.29, 0.717) is 12.8 Å². The Morgan fingerprint density at radius 3 is 2.70 bits per heavy atom. The molecular formula is C7H14O3. The molecule has 0 aliphatic carbocycles. The van der Waals surface area contributed by atoms with Crippen LogP contribution in [-0.4, -0.2) is 35.1 Å². The Morgan fingerprint density at radius 2 is 2.20 bits per heavy atom. The number of aliphatic hydroxyl groups is 2. The first kappa shape index (κ1) is 7.98. The molecule has 3 heteroatoms. The summed E-state index contributed by atoms with van der Waals surface area (Å²) in [5.74, 6) is 0. The van der Waals surface area contributed by atoms with Gasteiger partial charge in [-0.15, -0.1) is 0 Å². The molecule has 3 nitrogen and oxygen atoms in total. The molecule has 2 N–H and O–H groups in total. The van der Waals surface area contributed by atoms with E-state index in [2.05, 4.69) is 0 Å². The maximum atomic E-state index is 9.19. The average molecular weight is 146 g/mol. The molecule has 0 amide bonds. The Kier molecular flexibility index (Phi) is 2.65. The predicted octanol–water partition coefficient (Wildman–Crippen LogP) is -0.0929. The average Bonchev–Trinajstić information content (AvgIpc) is 1.85. The Hall–Kier alpha value is -0.120. The van der Waals surface area contributed by atoms with E-state index in [0.717, 1.165) is 0 Å². The number of hydrogen-bond donors (Lipinski definition) is 2. The van der Waals surface area contributed by atoms with Crippen LogP contribution in [0.25, 0.3) is 0 Å². The van der Waals surface area contributed by atoms with Gasteiger partial charge in [-0.2, -0.15) is 0 Å². The lowest BCUT2D eigenvalue weighted by Gasteiger charge is -2.29. The Labute approximate surface area is 60.6 Å². The first-order valence-electron chi connectivity index (χ1n) is 3.66. The molecule has 0 aromatic rings. The molecule has 0 spiro atoms. The van der Waals surface area contributed by atoms with E-state index in [1.165, 1.54) is 0 Å². The van der Waals surface area contributed by atoms with Crippen LogP contribution < -0.4 is 0 Å². The van der Waals surface area contributed by atoms with E-state index in [4.69, 9.17) is 9.84 Å². The topological polar surface area (TPSA) is 49.7 Å². The number of ether oxygens (including phenoxy) is 1. The van der Waals surface area contributed by atoms with Crippen molar-refractivity contribution in [2.24, 2.45) is 0 Å². The zero-order valence-electron chi connectivity index (χ0n) is 6.16. The van der Waals surface area contributed by atoms with Gasteiger partial charge in [-0.25, -0.2) is 0 Å². The minimum atomic E-state index is -0.291. The minimum absolute atomic E-state index is 0.0153. The summed E-state index contributed by atoms with van der Waals surface area (Å²) in [6.07, 6.45) is 0.901. The summed E-state index contributed by atoms with van der Waals surface area (Å²) in [7, 11) is 0. The molecule has 1 aliphatic heterocycles. The lowest BCUT2D eigenvalue weighted by molar-refractivity contribution is -0.104. The molecule has 0 bridgehead atoms. The van der Waals surface area contributed by atoms with Gasteiger partial charge in [-0.05, 0) is 13.3 Å². The number of aliphatic hydroxyl groups excluding tert-OH is 2. The predicted molar refractivity (Wildman–Crippen MR) is 36.7 cm³/mol. The zero-order chi connectivity index (χ0) is 7.56. The summed E-state index contributed by atoms with van der Waals surface area (Å²) in [5, 5.41) is 17.9. The first-order valence-corrected chi connectivity index (χ1v) is 3.66. The fourth-order valence-electron chi connectivity index (χ4n) is 1.34. The largest absolute Gasteiger partial charge is 0.394 e. The first-order chi connectivity index (χ1) is 4.72. The van der Waals surface area contributed by atoms with E-state index < -0.39 is 0 Å². The number of hydrogen-bond acceptors (Lipinski definition) is 3. The summed E-state index contributed by atoms with van der Waals surface area (Å²) in [5.41, 5.74) is 0. The maximum absolute atomic E-state index is 9.19. The van der Waals surface area contributed by atoms with Crippen LogP contribution in [0.1, 0.15) is 19.8 Å². The highest BCUT2D eigenvalue weighted by atomic mass is 16.5. The molecule has 1 rings (SSSR count). The van der Waals surface area contributed by atoms with Gasteiger partial charge in [0.2, 0.25) is 0 Å². The fraction of sp³-hybridized carbons (Fsp3) is 1.00. The molecule has 0 saturated carbocycles. The van der Waals surface area contributed by atoms with Crippen LogP contribution in [0, 0.1) is 0 Å². The Morgan fingerprint density at radius 1 is 1.50 bits per heavy atom. The van der Waals surface area contributed by atoms with Crippen molar-refractivity contribution in [1.29, 1.82) is 0 Å². The van der Waals surface area contributed by atoms with Gasteiger partial charge in [0.15, 0.2) is 0 Å². The molecule has 0 aromatic carbocycles. The van der Waals surface area contributed by atoms with Crippen LogP contribution in [0.5, 0.6) is 0 Å². The third kappa shape index (κ3) is 1.94. The van der Waals surface area contributed by atoms with E-state index in [1.807, 2.05) is 6.92 Å². The molecule has 0 aromatic heterocycles. The van der Waals surface area contributed by atoms with E-state index in [1.54, 1.807) is 0 Å². The standard InChI is InChI=1S/C7H14O3/c1-5-2-6(9)3-7(4-8)10-5/h5-9H,2-4H2,1H3/t5-,6-,7+/m1/s1. The second-order valence-electron chi connectivity index (χ2n) is 2.88. The minimum Gasteiger partial charge on any atom is -0.394 e. The van der Waals surface area contributed by atoms with Gasteiger partial charge in [-0.3, -0.25) is 0 Å². The lowest BCUT2D eigenvalue weighted by Crippen LogP contribution is -2.35. The second-order valence-corrected chi connectivity index (χ2v) is 2.88. The highest BCUT2D eigenvalue weighted by molar-refractivity contribution is 4.73. The third-order valence-corrected chi connectivity index (χ3v) is 1.77. The van der Waals surface area contributed by atoms with Gasteiger partial charge in [0.25, 0.3) is 0 Å². The van der Waals surface area contributed by atoms with Crippen LogP contribution in [0.15, 0.2) is 0 Å². The SMILES string of the molecule is C[C@@H]1C[C@@H](O)C[C@@H](CO)O1. The van der Waals surface area contributed by atoms with Crippen molar-refractivity contribution in [2.75, 3.05) is 6.61 Å². The number of rotatable bonds is 1. The van der Waals surface area contributed by atoms with Crippen LogP contribution in [0.3, 0.4) is 0 Å². The molecular weight excluding hydrogens is 132 g/mol. The molecule has 1 saturated heterocycles. The van der Waals surface area contributed by atoms with Crippen molar-refractivity contribution >= 4 is 0 Å². The van der Waals surface area contributed by atoms with Crippen molar-refractivity contribution in [3.05, 3.63) is 0 Å². The van der Waals surface area contributed by atoms with Gasteiger partial charge < -0.3 is 14.9 Å². The van der Waals surface area contributed by atoms with Crippen LogP contribution in [-0.2, 0) is 4.74 Å². The second kappa shape index (κ2) is 3.32. The fourth-order valence-corrected chi connectivity index (χ4v) is 1.34. The summed E-state index contributed by atoms with van der Waals surface area (Å²) >= 11 is 0. The van der Waals surface area contributed by atoms with Crippen molar-refractivity contribution in [3.63, 3.8) is 0 Å². The quantitative estimate of drug-likeness (QED) is 0.543. The van der Waals surface area contributed by atoms with Gasteiger partial charge in [-0.1, -0.05) is 0 Å². The summed E-state index contributed by atoms with van der Waals surface area (Å²) in [6, 6.07) is 0. The molecule has 3 atom stereocenters. The highest BCUT2D eigenvalue weighted by Gasteiger charge is 2.24. The van der Waals surface area contributed by atoms with Crippen molar-refractivity contribution in [1.82, 2.24) is 0 Å². The van der Waals surface area contributed by atoms with Crippen LogP contribution >= 0.6 is 0 Å². The lowest BCUT2D eigenvalue weighted by atomic mass is 10.0. The molecule has 0 unspecified atom stereocenters. The van der Waals surface area contributed by atoms with Crippen LogP contribution in [0.4, 0.5) is 0 Å². The summed E-state index contributed by atoms with van der Waals surface area (Å²) < 4.78 is 5.30. The van der Waals surface area contributed by atoms with Crippen molar-refractivity contribution in [2.45, 2.75) is 38.1 Å². The van der Waals surface area contributed by atoms with E-state index in [9.17, 15) is 5.11 Å². The molecule has 1 aliphatic rings. The van der Waals surface area contributed by atoms with Crippen molar-refractivity contribution < 1.29 is 14.9 Å². The van der Waals surface area contributed by atoms with Gasteiger partial charge >= 0.3 is 0 Å². The van der Waals surface area contributed by atoms with Gasteiger partial charge in [0, 0.05) is 6.42 Å². The smallest absolute Gasteiger partial charge is 0.0833 e. The van der Waals surface area contributed by atoms with Gasteiger partial charge in [0.05, 0.1) is 24.9 Å². The monoisotopic (exact) mass is 146 g/mol. The van der Waals surface area contributed by atoms with Gasteiger partial charge in [0.1, 0.15) is 0 Å². The highest BCUT2D eigenvalue weighted by Crippen LogP contribution is 2.18. The maximum Gasteiger partial charge on any atom is 0.0833 e. The van der Waals surface area contributed by atoms with E-state index in [-0.39, 0.29) is 24.9 Å². The molecule has 60 valence electrons. The van der Waals surface area contributed by atoms with Crippen LogP contribution in [0.2, 0.25) is 0 Å². The normalized spacial score (nSPS) is 41.7. The Balaban J connectivity index is 2.35. The van der Waals surface area contributed by atoms with Crippen molar-refractivity contribution in [3.8, 4) is 0 Å². The molecule has 1 fully saturated rings. The Bertz CT molecular complexity index is 95.0. The third-order valence-electron chi connectivity index (χ3n) is 1.77. The summed E-state index contributed by atoms with van der Waals surface area (Å²) in [6.45, 7) is 1.92. The molecule has 0 radical (unpaired) electrons. The molecule has 10 heavy (non-hydrogen) atoms. The zero-order valence-corrected chi connectivity index (χ0v) is 6.16. The van der Waals surface area contributed by atoms with E-state index >= 15 is 0 Å².